The van der Waals surface area contributed by atoms with Crippen LogP contribution in [0.25, 0.3) is 10.9 Å². The predicted molar refractivity (Wildman–Crippen MR) is 63.3 cm³/mol. The molecule has 1 heterocycles. The molecule has 0 aliphatic rings. The second-order valence-electron chi connectivity index (χ2n) is 3.15. The van der Waals surface area contributed by atoms with E-state index < -0.39 is 7.12 Å². The molecule has 0 amide bonds. The van der Waals surface area contributed by atoms with Gasteiger partial charge in [-0.15, -0.1) is 11.8 Å². The largest absolute Gasteiger partial charge is 0.491 e. The zero-order chi connectivity index (χ0) is 10.8. The Kier molecular flexibility index (Phi) is 2.95. The van der Waals surface area contributed by atoms with Crippen LogP contribution in [0.3, 0.4) is 0 Å². The van der Waals surface area contributed by atoms with Crippen LogP contribution in [0.5, 0.6) is 0 Å². The first kappa shape index (κ1) is 10.5. The summed E-state index contributed by atoms with van der Waals surface area (Å²) in [6.45, 7) is 0. The van der Waals surface area contributed by atoms with E-state index in [0.29, 0.717) is 10.5 Å². The summed E-state index contributed by atoms with van der Waals surface area (Å²) in [6.07, 6.45) is 1.86. The number of thioether (sulfide) groups is 1. The zero-order valence-corrected chi connectivity index (χ0v) is 9.03. The second-order valence-corrected chi connectivity index (χ2v) is 3.95. The Morgan fingerprint density at radius 1 is 1.27 bits per heavy atom. The molecule has 15 heavy (non-hydrogen) atoms. The molecular weight excluding hydrogens is 209 g/mol. The molecule has 0 bridgehead atoms. The minimum Gasteiger partial charge on any atom is -0.423 e. The number of hydrogen-bond acceptors (Lipinski definition) is 4. The molecular formula is C10H10BNO2S. The van der Waals surface area contributed by atoms with Crippen molar-refractivity contribution >= 4 is 35.2 Å². The number of hydrogen-bond donors (Lipinski definition) is 2. The fourth-order valence-corrected chi connectivity index (χ4v) is 2.05. The van der Waals surface area contributed by atoms with Crippen molar-refractivity contribution in [1.82, 2.24) is 4.98 Å². The molecule has 1 aromatic heterocycles. The Labute approximate surface area is 92.3 Å². The number of para-hydroxylation sites is 1. The fraction of sp³-hybridized carbons (Fsp3) is 0.100. The van der Waals surface area contributed by atoms with Crippen LogP contribution in [0, 0.1) is 0 Å². The van der Waals surface area contributed by atoms with Gasteiger partial charge in [0, 0.05) is 5.46 Å². The van der Waals surface area contributed by atoms with Crippen LogP contribution in [-0.2, 0) is 0 Å². The van der Waals surface area contributed by atoms with Crippen molar-refractivity contribution in [2.24, 2.45) is 0 Å². The van der Waals surface area contributed by atoms with Crippen molar-refractivity contribution in [3.63, 3.8) is 0 Å². The van der Waals surface area contributed by atoms with Gasteiger partial charge in [-0.3, -0.25) is 0 Å². The summed E-state index contributed by atoms with van der Waals surface area (Å²) in [5, 5.41) is 20.0. The third kappa shape index (κ3) is 1.99. The smallest absolute Gasteiger partial charge is 0.423 e. The SMILES string of the molecule is CSc1nc2ccccc2cc1B(O)O. The topological polar surface area (TPSA) is 53.4 Å². The zero-order valence-electron chi connectivity index (χ0n) is 8.21. The van der Waals surface area contributed by atoms with Gasteiger partial charge in [0.15, 0.2) is 0 Å². The summed E-state index contributed by atoms with van der Waals surface area (Å²) >= 11 is 1.41. The lowest BCUT2D eigenvalue weighted by Gasteiger charge is -2.07. The van der Waals surface area contributed by atoms with Crippen molar-refractivity contribution in [3.05, 3.63) is 30.3 Å². The number of pyridine rings is 1. The number of benzene rings is 1. The van der Waals surface area contributed by atoms with E-state index in [1.807, 2.05) is 30.5 Å². The van der Waals surface area contributed by atoms with Gasteiger partial charge in [-0.1, -0.05) is 24.3 Å². The quantitative estimate of drug-likeness (QED) is 0.574. The highest BCUT2D eigenvalue weighted by Crippen LogP contribution is 2.16. The summed E-state index contributed by atoms with van der Waals surface area (Å²) < 4.78 is 0. The molecule has 0 atom stereocenters. The Bertz CT molecular complexity index is 490. The average molecular weight is 219 g/mol. The van der Waals surface area contributed by atoms with E-state index in [4.69, 9.17) is 0 Å². The van der Waals surface area contributed by atoms with Gasteiger partial charge in [-0.2, -0.15) is 0 Å². The molecule has 3 nitrogen and oxygen atoms in total. The number of rotatable bonds is 2. The highest BCUT2D eigenvalue weighted by atomic mass is 32.2. The molecule has 0 spiro atoms. The Morgan fingerprint density at radius 2 is 2.00 bits per heavy atom. The number of aromatic nitrogens is 1. The molecule has 5 heteroatoms. The third-order valence-corrected chi connectivity index (χ3v) is 2.90. The van der Waals surface area contributed by atoms with Gasteiger partial charge in [0.25, 0.3) is 0 Å². The van der Waals surface area contributed by atoms with Gasteiger partial charge in [-0.05, 0) is 17.7 Å². The lowest BCUT2D eigenvalue weighted by molar-refractivity contribution is 0.424. The molecule has 2 N–H and O–H groups in total. The molecule has 0 aliphatic heterocycles. The van der Waals surface area contributed by atoms with E-state index in [-0.39, 0.29) is 0 Å². The second kappa shape index (κ2) is 4.22. The van der Waals surface area contributed by atoms with E-state index in [2.05, 4.69) is 4.98 Å². The number of nitrogens with zero attached hydrogens (tertiary/aromatic N) is 1. The minimum atomic E-state index is -1.47. The van der Waals surface area contributed by atoms with Crippen LogP contribution < -0.4 is 5.46 Å². The summed E-state index contributed by atoms with van der Waals surface area (Å²) in [7, 11) is -1.47. The highest BCUT2D eigenvalue weighted by Gasteiger charge is 2.17. The normalized spacial score (nSPS) is 10.6. The van der Waals surface area contributed by atoms with Crippen molar-refractivity contribution in [2.45, 2.75) is 5.03 Å². The van der Waals surface area contributed by atoms with E-state index in [1.165, 1.54) is 11.8 Å². The lowest BCUT2D eigenvalue weighted by Crippen LogP contribution is -2.32. The molecule has 0 unspecified atom stereocenters. The standard InChI is InChI=1S/C10H10BNO2S/c1-15-10-8(11(13)14)6-7-4-2-3-5-9(7)12-10/h2-6,13-14H,1H3. The molecule has 2 aromatic rings. The van der Waals surface area contributed by atoms with E-state index in [1.54, 1.807) is 6.07 Å². The van der Waals surface area contributed by atoms with Gasteiger partial charge in [-0.25, -0.2) is 4.98 Å². The predicted octanol–water partition coefficient (Wildman–Crippen LogP) is 0.636. The molecule has 0 saturated carbocycles. The van der Waals surface area contributed by atoms with E-state index in [9.17, 15) is 10.0 Å². The van der Waals surface area contributed by atoms with Gasteiger partial charge in [0.2, 0.25) is 0 Å². The molecule has 2 rings (SSSR count). The monoisotopic (exact) mass is 219 g/mol. The van der Waals surface area contributed by atoms with Crippen molar-refractivity contribution in [3.8, 4) is 0 Å². The molecule has 0 aliphatic carbocycles. The Morgan fingerprint density at radius 3 is 2.67 bits per heavy atom. The lowest BCUT2D eigenvalue weighted by atomic mass is 9.81. The van der Waals surface area contributed by atoms with E-state index >= 15 is 0 Å². The van der Waals surface area contributed by atoms with Crippen LogP contribution in [0.2, 0.25) is 0 Å². The maximum atomic E-state index is 9.20. The molecule has 76 valence electrons. The van der Waals surface area contributed by atoms with Gasteiger partial charge in [0.05, 0.1) is 10.5 Å². The van der Waals surface area contributed by atoms with Gasteiger partial charge >= 0.3 is 7.12 Å². The van der Waals surface area contributed by atoms with Crippen molar-refractivity contribution in [1.29, 1.82) is 0 Å². The first-order chi connectivity index (χ1) is 7.22. The summed E-state index contributed by atoms with van der Waals surface area (Å²) in [6, 6.07) is 9.38. The molecule has 1 aromatic carbocycles. The first-order valence-corrected chi connectivity index (χ1v) is 5.74. The number of fused-ring (bicyclic) bond motifs is 1. The van der Waals surface area contributed by atoms with E-state index in [0.717, 1.165) is 10.9 Å². The van der Waals surface area contributed by atoms with Crippen LogP contribution in [0.15, 0.2) is 35.4 Å². The highest BCUT2D eigenvalue weighted by molar-refractivity contribution is 7.98. The molecule has 0 saturated heterocycles. The summed E-state index contributed by atoms with van der Waals surface area (Å²) in [5.74, 6) is 0. The maximum Gasteiger partial charge on any atom is 0.491 e. The molecule has 0 fully saturated rings. The molecule has 0 radical (unpaired) electrons. The fourth-order valence-electron chi connectivity index (χ4n) is 1.46. The third-order valence-electron chi connectivity index (χ3n) is 2.19. The van der Waals surface area contributed by atoms with Crippen LogP contribution in [0.4, 0.5) is 0 Å². The van der Waals surface area contributed by atoms with Crippen LogP contribution >= 0.6 is 11.8 Å². The van der Waals surface area contributed by atoms with Gasteiger partial charge in [0.1, 0.15) is 0 Å². The Hall–Kier alpha value is -1.04. The summed E-state index contributed by atoms with van der Waals surface area (Å²) in [4.78, 5) is 4.36. The van der Waals surface area contributed by atoms with Crippen molar-refractivity contribution in [2.75, 3.05) is 6.26 Å². The van der Waals surface area contributed by atoms with Crippen LogP contribution in [0.1, 0.15) is 0 Å². The average Bonchev–Trinajstić information content (AvgIpc) is 2.27. The Balaban J connectivity index is 2.69. The minimum absolute atomic E-state index is 0.459. The maximum absolute atomic E-state index is 9.20. The van der Waals surface area contributed by atoms with Crippen LogP contribution in [-0.4, -0.2) is 28.4 Å². The van der Waals surface area contributed by atoms with Gasteiger partial charge < -0.3 is 10.0 Å². The summed E-state index contributed by atoms with van der Waals surface area (Å²) in [5.41, 5.74) is 1.33. The first-order valence-electron chi connectivity index (χ1n) is 4.52. The van der Waals surface area contributed by atoms with Crippen molar-refractivity contribution < 1.29 is 10.0 Å².